The average molecular weight is 160 g/mol. The molecule has 2 unspecified atom stereocenters. The maximum Gasteiger partial charge on any atom is 0.0164 e. The van der Waals surface area contributed by atoms with Gasteiger partial charge >= 0.3 is 0 Å². The average Bonchev–Trinajstić information content (AvgIpc) is 2.37. The van der Waals surface area contributed by atoms with Crippen molar-refractivity contribution in [3.63, 3.8) is 0 Å². The molecule has 9 heavy (non-hydrogen) atoms. The first-order valence-electron chi connectivity index (χ1n) is 3.65. The number of hydrogen-bond donors (Lipinski definition) is 2. The zero-order valence-electron chi connectivity index (χ0n) is 5.33. The van der Waals surface area contributed by atoms with Gasteiger partial charge in [0.15, 0.2) is 0 Å². The fourth-order valence-electron chi connectivity index (χ4n) is 2.23. The summed E-state index contributed by atoms with van der Waals surface area (Å²) in [7, 11) is 0. The van der Waals surface area contributed by atoms with Crippen molar-refractivity contribution in [3.8, 4) is 0 Å². The molecule has 0 aromatic heterocycles. The number of rotatable bonds is 0. The minimum atomic E-state index is 0.604. The van der Waals surface area contributed by atoms with Gasteiger partial charge in [-0.15, -0.1) is 0 Å². The quantitative estimate of drug-likeness (QED) is 0.498. The number of fused-ring (bicyclic) bond motifs is 2. The zero-order chi connectivity index (χ0) is 6.43. The second kappa shape index (κ2) is 2.09. The summed E-state index contributed by atoms with van der Waals surface area (Å²) in [5.41, 5.74) is 0. The Bertz CT molecular complexity index is 106. The third-order valence-corrected chi connectivity index (χ3v) is 4.55. The van der Waals surface area contributed by atoms with Crippen LogP contribution in [0.2, 0.25) is 0 Å². The minimum Gasteiger partial charge on any atom is -0.174 e. The molecule has 2 aliphatic rings. The first kappa shape index (κ1) is 6.41. The van der Waals surface area contributed by atoms with Crippen LogP contribution in [0.15, 0.2) is 0 Å². The lowest BCUT2D eigenvalue weighted by molar-refractivity contribution is 0.508. The van der Waals surface area contributed by atoms with Crippen LogP contribution in [-0.4, -0.2) is 10.5 Å². The Morgan fingerprint density at radius 1 is 0.889 bits per heavy atom. The highest BCUT2D eigenvalue weighted by molar-refractivity contribution is 7.85. The van der Waals surface area contributed by atoms with Gasteiger partial charge in [-0.05, 0) is 31.1 Å². The molecule has 0 heterocycles. The van der Waals surface area contributed by atoms with Crippen LogP contribution in [0.4, 0.5) is 0 Å². The van der Waals surface area contributed by atoms with Gasteiger partial charge in [0.05, 0.1) is 0 Å². The van der Waals surface area contributed by atoms with Gasteiger partial charge < -0.3 is 0 Å². The van der Waals surface area contributed by atoms with E-state index in [2.05, 4.69) is 25.3 Å². The Morgan fingerprint density at radius 2 is 1.33 bits per heavy atom. The molecule has 2 bridgehead atoms. The molecule has 52 valence electrons. The van der Waals surface area contributed by atoms with Gasteiger partial charge in [-0.1, -0.05) is 0 Å². The van der Waals surface area contributed by atoms with Crippen molar-refractivity contribution in [2.45, 2.75) is 29.8 Å². The van der Waals surface area contributed by atoms with Crippen molar-refractivity contribution in [1.82, 2.24) is 0 Å². The van der Waals surface area contributed by atoms with Crippen molar-refractivity contribution >= 4 is 25.3 Å². The third kappa shape index (κ3) is 0.829. The van der Waals surface area contributed by atoms with Crippen LogP contribution in [0.3, 0.4) is 0 Å². The van der Waals surface area contributed by atoms with E-state index in [0.29, 0.717) is 10.5 Å². The predicted octanol–water partition coefficient (Wildman–Crippen LogP) is 2.01. The second-order valence-corrected chi connectivity index (χ2v) is 4.51. The Hall–Kier alpha value is 0.700. The van der Waals surface area contributed by atoms with Gasteiger partial charge in [-0.2, -0.15) is 25.3 Å². The molecule has 0 saturated heterocycles. The number of thiol groups is 2. The van der Waals surface area contributed by atoms with Gasteiger partial charge in [0.25, 0.3) is 0 Å². The Balaban J connectivity index is 2.15. The molecule has 2 rings (SSSR count). The molecular weight excluding hydrogens is 148 g/mol. The van der Waals surface area contributed by atoms with E-state index < -0.39 is 0 Å². The lowest BCUT2D eigenvalue weighted by Gasteiger charge is -2.22. The van der Waals surface area contributed by atoms with E-state index in [9.17, 15) is 0 Å². The monoisotopic (exact) mass is 160 g/mol. The van der Waals surface area contributed by atoms with E-state index in [4.69, 9.17) is 0 Å². The fraction of sp³-hybridized carbons (Fsp3) is 1.00. The highest BCUT2D eigenvalue weighted by Crippen LogP contribution is 2.49. The van der Waals surface area contributed by atoms with Gasteiger partial charge in [-0.3, -0.25) is 0 Å². The van der Waals surface area contributed by atoms with Gasteiger partial charge in [-0.25, -0.2) is 0 Å². The third-order valence-electron chi connectivity index (χ3n) is 2.83. The van der Waals surface area contributed by atoms with E-state index in [-0.39, 0.29) is 0 Å². The lowest BCUT2D eigenvalue weighted by Crippen LogP contribution is -2.22. The van der Waals surface area contributed by atoms with Crippen LogP contribution < -0.4 is 0 Å². The standard InChI is InChI=1S/C7H12S2/c8-6-4-1-2-5(3-4)7(6)9/h4-9H,1-3H2/t4?,5?,6-,7-/m0/s1. The fourth-order valence-corrected chi connectivity index (χ4v) is 3.26. The summed E-state index contributed by atoms with van der Waals surface area (Å²) in [6.45, 7) is 0. The van der Waals surface area contributed by atoms with Gasteiger partial charge in [0.2, 0.25) is 0 Å². The molecule has 0 aliphatic heterocycles. The van der Waals surface area contributed by atoms with Gasteiger partial charge in [0.1, 0.15) is 0 Å². The summed E-state index contributed by atoms with van der Waals surface area (Å²) in [6.07, 6.45) is 4.23. The van der Waals surface area contributed by atoms with Crippen molar-refractivity contribution in [2.24, 2.45) is 11.8 Å². The zero-order valence-corrected chi connectivity index (χ0v) is 7.11. The highest BCUT2D eigenvalue weighted by Gasteiger charge is 2.43. The van der Waals surface area contributed by atoms with Crippen molar-refractivity contribution in [1.29, 1.82) is 0 Å². The summed E-state index contributed by atoms with van der Waals surface area (Å²) in [5.74, 6) is 1.81. The second-order valence-electron chi connectivity index (χ2n) is 3.31. The summed E-state index contributed by atoms with van der Waals surface area (Å²) in [4.78, 5) is 0. The Kier molecular flexibility index (Phi) is 1.49. The molecule has 0 radical (unpaired) electrons. The Labute approximate surface area is 67.2 Å². The van der Waals surface area contributed by atoms with Crippen LogP contribution in [0.1, 0.15) is 19.3 Å². The van der Waals surface area contributed by atoms with Crippen molar-refractivity contribution in [2.75, 3.05) is 0 Å². The first-order valence-corrected chi connectivity index (χ1v) is 4.68. The van der Waals surface area contributed by atoms with E-state index in [1.807, 2.05) is 0 Å². The molecule has 2 saturated carbocycles. The topological polar surface area (TPSA) is 0 Å². The molecule has 0 spiro atoms. The Morgan fingerprint density at radius 3 is 1.56 bits per heavy atom. The predicted molar refractivity (Wildman–Crippen MR) is 46.4 cm³/mol. The maximum atomic E-state index is 4.52. The summed E-state index contributed by atoms with van der Waals surface area (Å²) < 4.78 is 0. The molecular formula is C7H12S2. The lowest BCUT2D eigenvalue weighted by atomic mass is 10.00. The highest BCUT2D eigenvalue weighted by atomic mass is 32.1. The van der Waals surface area contributed by atoms with Crippen LogP contribution in [-0.2, 0) is 0 Å². The van der Waals surface area contributed by atoms with Crippen LogP contribution in [0.25, 0.3) is 0 Å². The molecule has 0 N–H and O–H groups in total. The molecule has 0 aromatic rings. The summed E-state index contributed by atoms with van der Waals surface area (Å²) >= 11 is 9.03. The van der Waals surface area contributed by atoms with E-state index >= 15 is 0 Å². The molecule has 0 aromatic carbocycles. The molecule has 4 atom stereocenters. The van der Waals surface area contributed by atoms with E-state index in [0.717, 1.165) is 11.8 Å². The number of hydrogen-bond acceptors (Lipinski definition) is 2. The molecule has 2 fully saturated rings. The largest absolute Gasteiger partial charge is 0.174 e. The van der Waals surface area contributed by atoms with Crippen LogP contribution in [0, 0.1) is 11.8 Å². The maximum absolute atomic E-state index is 4.52. The van der Waals surface area contributed by atoms with Crippen molar-refractivity contribution < 1.29 is 0 Å². The molecule has 0 amide bonds. The summed E-state index contributed by atoms with van der Waals surface area (Å²) in [6, 6.07) is 0. The molecule has 0 nitrogen and oxygen atoms in total. The molecule has 2 aliphatic carbocycles. The van der Waals surface area contributed by atoms with Crippen LogP contribution in [0.5, 0.6) is 0 Å². The first-order chi connectivity index (χ1) is 4.29. The van der Waals surface area contributed by atoms with E-state index in [1.165, 1.54) is 19.3 Å². The summed E-state index contributed by atoms with van der Waals surface area (Å²) in [5, 5.41) is 1.21. The SMILES string of the molecule is S[C@H]1C2CCC(C2)[C@@H]1S. The minimum absolute atomic E-state index is 0.604. The van der Waals surface area contributed by atoms with Crippen molar-refractivity contribution in [3.05, 3.63) is 0 Å². The van der Waals surface area contributed by atoms with E-state index in [1.54, 1.807) is 0 Å². The normalized spacial score (nSPS) is 56.7. The van der Waals surface area contributed by atoms with Crippen LogP contribution >= 0.6 is 25.3 Å². The molecule has 2 heteroatoms. The van der Waals surface area contributed by atoms with Gasteiger partial charge in [0, 0.05) is 10.5 Å². The smallest absolute Gasteiger partial charge is 0.0164 e.